The van der Waals surface area contributed by atoms with Crippen molar-refractivity contribution >= 4 is 40.6 Å². The summed E-state index contributed by atoms with van der Waals surface area (Å²) in [5.41, 5.74) is 1.12. The number of para-hydroxylation sites is 1. The van der Waals surface area contributed by atoms with Crippen LogP contribution in [0.25, 0.3) is 0 Å². The van der Waals surface area contributed by atoms with Gasteiger partial charge < -0.3 is 5.32 Å². The van der Waals surface area contributed by atoms with E-state index in [9.17, 15) is 9.59 Å². The Morgan fingerprint density at radius 1 is 1.16 bits per heavy atom. The minimum absolute atomic E-state index is 0.138. The van der Waals surface area contributed by atoms with E-state index in [2.05, 4.69) is 20.6 Å². The molecule has 1 N–H and O–H groups in total. The van der Waals surface area contributed by atoms with Gasteiger partial charge in [0.1, 0.15) is 0 Å². The number of azo groups is 1. The topological polar surface area (TPSA) is 86.5 Å². The van der Waals surface area contributed by atoms with Gasteiger partial charge in [0.2, 0.25) is 11.9 Å². The van der Waals surface area contributed by atoms with E-state index in [0.29, 0.717) is 16.4 Å². The minimum atomic E-state index is -1.01. The van der Waals surface area contributed by atoms with Gasteiger partial charge >= 0.3 is 0 Å². The maximum absolute atomic E-state index is 12.7. The van der Waals surface area contributed by atoms with Crippen molar-refractivity contribution in [3.63, 3.8) is 0 Å². The molecule has 1 heterocycles. The highest BCUT2D eigenvalue weighted by atomic mass is 35.5. The summed E-state index contributed by atoms with van der Waals surface area (Å²) >= 11 is 5.83. The summed E-state index contributed by atoms with van der Waals surface area (Å²) in [6, 6.07) is 14.6. The van der Waals surface area contributed by atoms with Crippen molar-refractivity contribution < 1.29 is 9.59 Å². The van der Waals surface area contributed by atoms with Crippen molar-refractivity contribution in [1.82, 2.24) is 5.32 Å². The fourth-order valence-electron chi connectivity index (χ4n) is 2.21. The molecule has 0 bridgehead atoms. The number of hydrogen-bond acceptors (Lipinski definition) is 5. The molecule has 1 aliphatic heterocycles. The maximum atomic E-state index is 12.7. The average molecular weight is 356 g/mol. The summed E-state index contributed by atoms with van der Waals surface area (Å²) in [5.74, 6) is -0.597. The lowest BCUT2D eigenvalue weighted by atomic mass is 10.2. The average Bonchev–Trinajstić information content (AvgIpc) is 2.90. The number of carbonyl (C=O) groups excluding carboxylic acids is 2. The molecule has 8 heteroatoms. The number of amides is 2. The Bertz CT molecular complexity index is 849. The Balaban J connectivity index is 1.88. The number of rotatable bonds is 3. The number of hydrazone groups is 1. The standard InChI is InChI=1S/C17H14ClN5O2/c1-11(24)19-16-15(21-20-13-9-7-12(18)8-10-13)17(25)23(22-16)14-5-3-2-4-6-14/h2-10,15H,1H3,(H,19,22,24)/t15-/m0/s1. The number of nitrogens with zero attached hydrogens (tertiary/aromatic N) is 4. The fraction of sp³-hybridized carbons (Fsp3) is 0.118. The number of benzene rings is 2. The smallest absolute Gasteiger partial charge is 0.282 e. The lowest BCUT2D eigenvalue weighted by Gasteiger charge is -2.11. The van der Waals surface area contributed by atoms with E-state index < -0.39 is 11.9 Å². The predicted octanol–water partition coefficient (Wildman–Crippen LogP) is 3.29. The molecule has 0 unspecified atom stereocenters. The first-order valence-corrected chi connectivity index (χ1v) is 7.84. The number of nitrogens with one attached hydrogen (secondary N) is 1. The molecule has 0 spiro atoms. The third-order valence-corrected chi connectivity index (χ3v) is 3.58. The Morgan fingerprint density at radius 3 is 2.48 bits per heavy atom. The molecule has 0 saturated carbocycles. The molecular formula is C17H14ClN5O2. The van der Waals surface area contributed by atoms with Crippen molar-refractivity contribution in [2.75, 3.05) is 5.01 Å². The first-order valence-electron chi connectivity index (χ1n) is 7.46. The second kappa shape index (κ2) is 7.23. The van der Waals surface area contributed by atoms with E-state index in [-0.39, 0.29) is 11.7 Å². The quantitative estimate of drug-likeness (QED) is 0.856. The fourth-order valence-corrected chi connectivity index (χ4v) is 2.33. The van der Waals surface area contributed by atoms with E-state index in [0.717, 1.165) is 0 Å². The van der Waals surface area contributed by atoms with Crippen molar-refractivity contribution in [1.29, 1.82) is 0 Å². The number of carbonyl (C=O) groups is 2. The molecule has 3 rings (SSSR count). The van der Waals surface area contributed by atoms with Gasteiger partial charge in [-0.25, -0.2) is 0 Å². The molecule has 2 amide bonds. The highest BCUT2D eigenvalue weighted by molar-refractivity contribution is 6.30. The van der Waals surface area contributed by atoms with Crippen LogP contribution in [0.2, 0.25) is 5.02 Å². The van der Waals surface area contributed by atoms with Crippen LogP contribution in [0.3, 0.4) is 0 Å². The van der Waals surface area contributed by atoms with Gasteiger partial charge in [-0.1, -0.05) is 29.8 Å². The van der Waals surface area contributed by atoms with Crippen LogP contribution in [-0.2, 0) is 9.59 Å². The van der Waals surface area contributed by atoms with Crippen molar-refractivity contribution in [2.24, 2.45) is 15.3 Å². The molecule has 1 atom stereocenters. The summed E-state index contributed by atoms with van der Waals surface area (Å²) in [6.45, 7) is 1.34. The van der Waals surface area contributed by atoms with Crippen LogP contribution in [0.4, 0.5) is 11.4 Å². The molecule has 2 aromatic carbocycles. The molecule has 0 aliphatic carbocycles. The van der Waals surface area contributed by atoms with E-state index in [1.807, 2.05) is 6.07 Å². The first kappa shape index (κ1) is 16.8. The molecule has 0 saturated heterocycles. The Hall–Kier alpha value is -3.06. The third-order valence-electron chi connectivity index (χ3n) is 3.33. The second-order valence-electron chi connectivity index (χ2n) is 5.25. The summed E-state index contributed by atoms with van der Waals surface area (Å²) in [5, 5.41) is 16.6. The van der Waals surface area contributed by atoms with Crippen molar-refractivity contribution in [3.05, 3.63) is 59.6 Å². The van der Waals surface area contributed by atoms with Crippen LogP contribution in [0.5, 0.6) is 0 Å². The predicted molar refractivity (Wildman–Crippen MR) is 94.9 cm³/mol. The van der Waals surface area contributed by atoms with Gasteiger partial charge in [0.25, 0.3) is 5.91 Å². The van der Waals surface area contributed by atoms with Gasteiger partial charge in [0.15, 0.2) is 5.84 Å². The number of hydrogen-bond donors (Lipinski definition) is 1. The van der Waals surface area contributed by atoms with Crippen LogP contribution in [0, 0.1) is 0 Å². The third kappa shape index (κ3) is 3.89. The summed E-state index contributed by atoms with van der Waals surface area (Å²) < 4.78 is 0. The highest BCUT2D eigenvalue weighted by Crippen LogP contribution is 2.23. The van der Waals surface area contributed by atoms with Gasteiger partial charge in [-0.3, -0.25) is 9.59 Å². The molecular weight excluding hydrogens is 342 g/mol. The van der Waals surface area contributed by atoms with Crippen LogP contribution < -0.4 is 10.3 Å². The van der Waals surface area contributed by atoms with Crippen LogP contribution in [0.1, 0.15) is 6.92 Å². The van der Waals surface area contributed by atoms with E-state index >= 15 is 0 Å². The summed E-state index contributed by atoms with van der Waals surface area (Å²) in [4.78, 5) is 24.1. The molecule has 7 nitrogen and oxygen atoms in total. The van der Waals surface area contributed by atoms with Crippen molar-refractivity contribution in [2.45, 2.75) is 13.0 Å². The van der Waals surface area contributed by atoms with Gasteiger partial charge in [0.05, 0.1) is 11.4 Å². The lowest BCUT2D eigenvalue weighted by molar-refractivity contribution is -0.117. The highest BCUT2D eigenvalue weighted by Gasteiger charge is 2.37. The lowest BCUT2D eigenvalue weighted by Crippen LogP contribution is -2.38. The number of halogens is 1. The normalized spacial score (nSPS) is 17.0. The molecule has 2 aromatic rings. The maximum Gasteiger partial charge on any atom is 0.282 e. The zero-order valence-electron chi connectivity index (χ0n) is 13.3. The van der Waals surface area contributed by atoms with E-state index in [1.54, 1.807) is 48.5 Å². The summed E-state index contributed by atoms with van der Waals surface area (Å²) in [6.07, 6.45) is 0. The number of amidine groups is 1. The zero-order chi connectivity index (χ0) is 17.8. The molecule has 0 aromatic heterocycles. The van der Waals surface area contributed by atoms with Crippen LogP contribution in [-0.4, -0.2) is 23.7 Å². The number of anilines is 1. The van der Waals surface area contributed by atoms with Gasteiger partial charge in [-0.05, 0) is 36.4 Å². The molecule has 126 valence electrons. The van der Waals surface area contributed by atoms with Gasteiger partial charge in [-0.15, -0.1) is 5.10 Å². The van der Waals surface area contributed by atoms with Crippen molar-refractivity contribution in [3.8, 4) is 0 Å². The molecule has 25 heavy (non-hydrogen) atoms. The monoisotopic (exact) mass is 355 g/mol. The SMILES string of the molecule is CC(=O)NC1=NN(c2ccccc2)C(=O)[C@H]1N=Nc1ccc(Cl)cc1. The largest absolute Gasteiger partial charge is 0.311 e. The second-order valence-corrected chi connectivity index (χ2v) is 5.68. The van der Waals surface area contributed by atoms with Gasteiger partial charge in [-0.2, -0.15) is 15.2 Å². The van der Waals surface area contributed by atoms with E-state index in [4.69, 9.17) is 11.6 Å². The molecule has 0 fully saturated rings. The van der Waals surface area contributed by atoms with Gasteiger partial charge in [0, 0.05) is 11.9 Å². The zero-order valence-corrected chi connectivity index (χ0v) is 14.0. The Morgan fingerprint density at radius 2 is 1.84 bits per heavy atom. The molecule has 1 aliphatic rings. The molecule has 0 radical (unpaired) electrons. The van der Waals surface area contributed by atoms with Crippen LogP contribution >= 0.6 is 11.6 Å². The Kier molecular flexibility index (Phi) is 4.85. The van der Waals surface area contributed by atoms with Crippen LogP contribution in [0.15, 0.2) is 69.9 Å². The first-order chi connectivity index (χ1) is 12.0. The summed E-state index contributed by atoms with van der Waals surface area (Å²) in [7, 11) is 0. The Labute approximate surface area is 149 Å². The minimum Gasteiger partial charge on any atom is -0.311 e. The van der Waals surface area contributed by atoms with E-state index in [1.165, 1.54) is 11.9 Å².